The molecule has 100 valence electrons. The lowest BCUT2D eigenvalue weighted by Crippen LogP contribution is -2.33. The van der Waals surface area contributed by atoms with E-state index >= 15 is 0 Å². The Hall–Kier alpha value is -1.41. The molecule has 1 fully saturated rings. The lowest BCUT2D eigenvalue weighted by atomic mass is 9.99. The van der Waals surface area contributed by atoms with Gasteiger partial charge < -0.3 is 5.32 Å². The van der Waals surface area contributed by atoms with Gasteiger partial charge in [-0.05, 0) is 55.8 Å². The highest BCUT2D eigenvalue weighted by molar-refractivity contribution is 5.81. The predicted octanol–water partition coefficient (Wildman–Crippen LogP) is 3.56. The van der Waals surface area contributed by atoms with Crippen molar-refractivity contribution in [3.05, 3.63) is 42.1 Å². The van der Waals surface area contributed by atoms with Crippen LogP contribution in [0.5, 0.6) is 0 Å². The molecule has 2 aromatic rings. The molecular formula is C17H22N2. The number of hydrogen-bond donors (Lipinski definition) is 1. The van der Waals surface area contributed by atoms with Crippen molar-refractivity contribution in [1.29, 1.82) is 0 Å². The lowest BCUT2D eigenvalue weighted by Gasteiger charge is -2.19. The summed E-state index contributed by atoms with van der Waals surface area (Å²) >= 11 is 0. The molecule has 1 atom stereocenters. The minimum absolute atomic E-state index is 0.644. The van der Waals surface area contributed by atoms with Crippen molar-refractivity contribution in [2.75, 3.05) is 6.54 Å². The summed E-state index contributed by atoms with van der Waals surface area (Å²) in [7, 11) is 0. The molecule has 0 radical (unpaired) electrons. The summed E-state index contributed by atoms with van der Waals surface area (Å²) in [5.74, 6) is 0.887. The van der Waals surface area contributed by atoms with Crippen LogP contribution in [0.2, 0.25) is 0 Å². The van der Waals surface area contributed by atoms with Gasteiger partial charge in [-0.15, -0.1) is 0 Å². The van der Waals surface area contributed by atoms with E-state index in [-0.39, 0.29) is 0 Å². The molecule has 1 aromatic carbocycles. The standard InChI is InChI=1S/C17H22N2/c1-2-10-18-17(13-7-8-13)12-14-9-11-19-16-6-4-3-5-15(14)16/h3-6,9,11,13,17-18H,2,7-8,10,12H2,1H3. The monoisotopic (exact) mass is 254 g/mol. The van der Waals surface area contributed by atoms with Gasteiger partial charge in [0.05, 0.1) is 5.52 Å². The number of aromatic nitrogens is 1. The first-order chi connectivity index (χ1) is 9.38. The SMILES string of the molecule is CCCNC(Cc1ccnc2ccccc12)C1CC1. The van der Waals surface area contributed by atoms with Gasteiger partial charge in [0.15, 0.2) is 0 Å². The summed E-state index contributed by atoms with van der Waals surface area (Å²) in [5, 5.41) is 5.04. The van der Waals surface area contributed by atoms with Crippen molar-refractivity contribution in [2.45, 2.75) is 38.6 Å². The fraction of sp³-hybridized carbons (Fsp3) is 0.471. The molecule has 0 bridgehead atoms. The van der Waals surface area contributed by atoms with Crippen molar-refractivity contribution in [2.24, 2.45) is 5.92 Å². The van der Waals surface area contributed by atoms with Crippen LogP contribution < -0.4 is 5.32 Å². The van der Waals surface area contributed by atoms with Crippen LogP contribution in [-0.4, -0.2) is 17.6 Å². The van der Waals surface area contributed by atoms with Gasteiger partial charge >= 0.3 is 0 Å². The number of hydrogen-bond acceptors (Lipinski definition) is 2. The van der Waals surface area contributed by atoms with Gasteiger partial charge in [-0.2, -0.15) is 0 Å². The third-order valence-electron chi connectivity index (χ3n) is 4.03. The molecule has 0 spiro atoms. The molecule has 2 nitrogen and oxygen atoms in total. The van der Waals surface area contributed by atoms with Crippen molar-refractivity contribution >= 4 is 10.9 Å². The zero-order valence-corrected chi connectivity index (χ0v) is 11.6. The summed E-state index contributed by atoms with van der Waals surface area (Å²) in [6.07, 6.45) is 7.07. The normalized spacial score (nSPS) is 16.7. The van der Waals surface area contributed by atoms with Crippen LogP contribution in [0.15, 0.2) is 36.5 Å². The number of para-hydroxylation sites is 1. The van der Waals surface area contributed by atoms with E-state index in [2.05, 4.69) is 47.6 Å². The van der Waals surface area contributed by atoms with Crippen molar-refractivity contribution in [3.8, 4) is 0 Å². The average Bonchev–Trinajstić information content (AvgIpc) is 3.28. The smallest absolute Gasteiger partial charge is 0.0704 e. The molecule has 3 rings (SSSR count). The predicted molar refractivity (Wildman–Crippen MR) is 80.3 cm³/mol. The van der Waals surface area contributed by atoms with E-state index in [4.69, 9.17) is 0 Å². The number of benzene rings is 1. The first-order valence-electron chi connectivity index (χ1n) is 7.44. The number of fused-ring (bicyclic) bond motifs is 1. The molecule has 0 amide bonds. The maximum Gasteiger partial charge on any atom is 0.0704 e. The Labute approximate surface area is 115 Å². The third kappa shape index (κ3) is 2.95. The summed E-state index contributed by atoms with van der Waals surface area (Å²) < 4.78 is 0. The highest BCUT2D eigenvalue weighted by Crippen LogP contribution is 2.34. The highest BCUT2D eigenvalue weighted by Gasteiger charge is 2.30. The van der Waals surface area contributed by atoms with Crippen molar-refractivity contribution < 1.29 is 0 Å². The second-order valence-corrected chi connectivity index (χ2v) is 5.59. The molecule has 1 saturated carbocycles. The van der Waals surface area contributed by atoms with Crippen molar-refractivity contribution in [3.63, 3.8) is 0 Å². The maximum atomic E-state index is 4.45. The van der Waals surface area contributed by atoms with E-state index < -0.39 is 0 Å². The Balaban J connectivity index is 1.82. The minimum Gasteiger partial charge on any atom is -0.313 e. The number of rotatable bonds is 6. The van der Waals surface area contributed by atoms with E-state index in [1.54, 1.807) is 0 Å². The number of nitrogens with zero attached hydrogens (tertiary/aromatic N) is 1. The fourth-order valence-electron chi connectivity index (χ4n) is 2.80. The van der Waals surface area contributed by atoms with Gasteiger partial charge in [-0.25, -0.2) is 0 Å². The highest BCUT2D eigenvalue weighted by atomic mass is 14.9. The second kappa shape index (κ2) is 5.70. The second-order valence-electron chi connectivity index (χ2n) is 5.59. The first kappa shape index (κ1) is 12.6. The van der Waals surface area contributed by atoms with Gasteiger partial charge in [-0.3, -0.25) is 4.98 Å². The molecule has 0 saturated heterocycles. The fourth-order valence-corrected chi connectivity index (χ4v) is 2.80. The molecule has 0 aliphatic heterocycles. The Morgan fingerprint density at radius 3 is 2.89 bits per heavy atom. The Kier molecular flexibility index (Phi) is 3.79. The van der Waals surface area contributed by atoms with E-state index in [9.17, 15) is 0 Å². The van der Waals surface area contributed by atoms with E-state index in [0.717, 1.165) is 24.4 Å². The van der Waals surface area contributed by atoms with Gasteiger partial charge in [0.2, 0.25) is 0 Å². The van der Waals surface area contributed by atoms with Crippen LogP contribution >= 0.6 is 0 Å². The van der Waals surface area contributed by atoms with Gasteiger partial charge in [0, 0.05) is 17.6 Å². The van der Waals surface area contributed by atoms with Crippen LogP contribution in [0.1, 0.15) is 31.7 Å². The largest absolute Gasteiger partial charge is 0.313 e. The third-order valence-corrected chi connectivity index (χ3v) is 4.03. The summed E-state index contributed by atoms with van der Waals surface area (Å²) in [6.45, 7) is 3.36. The molecule has 2 heteroatoms. The number of pyridine rings is 1. The molecule has 1 unspecified atom stereocenters. The van der Waals surface area contributed by atoms with E-state index in [0.29, 0.717) is 6.04 Å². The summed E-state index contributed by atoms with van der Waals surface area (Å²) in [6, 6.07) is 11.3. The maximum absolute atomic E-state index is 4.45. The molecule has 1 aromatic heterocycles. The summed E-state index contributed by atoms with van der Waals surface area (Å²) in [5.41, 5.74) is 2.55. The van der Waals surface area contributed by atoms with Crippen LogP contribution in [-0.2, 0) is 6.42 Å². The summed E-state index contributed by atoms with van der Waals surface area (Å²) in [4.78, 5) is 4.45. The molecule has 1 heterocycles. The topological polar surface area (TPSA) is 24.9 Å². The zero-order chi connectivity index (χ0) is 13.1. The molecule has 1 aliphatic carbocycles. The Bertz CT molecular complexity index is 540. The van der Waals surface area contributed by atoms with Gasteiger partial charge in [0.25, 0.3) is 0 Å². The Morgan fingerprint density at radius 1 is 1.26 bits per heavy atom. The van der Waals surface area contributed by atoms with Crippen LogP contribution in [0.4, 0.5) is 0 Å². The van der Waals surface area contributed by atoms with Gasteiger partial charge in [0.1, 0.15) is 0 Å². The van der Waals surface area contributed by atoms with E-state index in [1.165, 1.54) is 30.2 Å². The molecule has 1 aliphatic rings. The average molecular weight is 254 g/mol. The Morgan fingerprint density at radius 2 is 2.11 bits per heavy atom. The molecular weight excluding hydrogens is 232 g/mol. The van der Waals surface area contributed by atoms with Crippen molar-refractivity contribution in [1.82, 2.24) is 10.3 Å². The quantitative estimate of drug-likeness (QED) is 0.852. The van der Waals surface area contributed by atoms with Gasteiger partial charge in [-0.1, -0.05) is 25.1 Å². The van der Waals surface area contributed by atoms with E-state index in [1.807, 2.05) is 6.20 Å². The molecule has 19 heavy (non-hydrogen) atoms. The van der Waals surface area contributed by atoms with Crippen LogP contribution in [0.3, 0.4) is 0 Å². The number of nitrogens with one attached hydrogen (secondary N) is 1. The first-order valence-corrected chi connectivity index (χ1v) is 7.44. The minimum atomic E-state index is 0.644. The van der Waals surface area contributed by atoms with Crippen LogP contribution in [0, 0.1) is 5.92 Å². The van der Waals surface area contributed by atoms with Crippen LogP contribution in [0.25, 0.3) is 10.9 Å². The lowest BCUT2D eigenvalue weighted by molar-refractivity contribution is 0.461. The molecule has 1 N–H and O–H groups in total. The zero-order valence-electron chi connectivity index (χ0n) is 11.6.